The normalized spacial score (nSPS) is 20.2. The molecule has 1 nitrogen and oxygen atoms in total. The standard InChI is InChI=1S/C12H18ClNS/c1-3-7-14-11(12(2)5-6-12)10-9(13)4-8-15-10/h4,8,11,14H,3,5-7H2,1-2H3. The molecular formula is C12H18ClNS. The third kappa shape index (κ3) is 2.38. The van der Waals surface area contributed by atoms with Crippen LogP contribution in [0.15, 0.2) is 11.4 Å². The van der Waals surface area contributed by atoms with Crippen LogP contribution in [0, 0.1) is 5.41 Å². The van der Waals surface area contributed by atoms with Gasteiger partial charge in [0.05, 0.1) is 5.02 Å². The van der Waals surface area contributed by atoms with Crippen LogP contribution in [-0.4, -0.2) is 6.54 Å². The summed E-state index contributed by atoms with van der Waals surface area (Å²) in [7, 11) is 0. The monoisotopic (exact) mass is 243 g/mol. The highest BCUT2D eigenvalue weighted by atomic mass is 35.5. The number of thiophene rings is 1. The highest BCUT2D eigenvalue weighted by molar-refractivity contribution is 7.10. The zero-order valence-corrected chi connectivity index (χ0v) is 10.9. The Morgan fingerprint density at radius 1 is 1.60 bits per heavy atom. The van der Waals surface area contributed by atoms with Crippen LogP contribution in [-0.2, 0) is 0 Å². The first-order chi connectivity index (χ1) is 7.17. The molecule has 0 saturated heterocycles. The number of nitrogens with one attached hydrogen (secondary N) is 1. The Bertz CT molecular complexity index is 330. The summed E-state index contributed by atoms with van der Waals surface area (Å²) in [5.41, 5.74) is 0.448. The SMILES string of the molecule is CCCNC(c1sccc1Cl)C1(C)CC1. The van der Waals surface area contributed by atoms with Gasteiger partial charge in [-0.25, -0.2) is 0 Å². The van der Waals surface area contributed by atoms with Gasteiger partial charge in [-0.3, -0.25) is 0 Å². The number of halogens is 1. The van der Waals surface area contributed by atoms with E-state index < -0.39 is 0 Å². The molecule has 1 aromatic heterocycles. The molecule has 0 bridgehead atoms. The van der Waals surface area contributed by atoms with E-state index in [-0.39, 0.29) is 0 Å². The summed E-state index contributed by atoms with van der Waals surface area (Å²) < 4.78 is 0. The van der Waals surface area contributed by atoms with E-state index in [0.29, 0.717) is 11.5 Å². The molecule has 1 N–H and O–H groups in total. The van der Waals surface area contributed by atoms with Crippen molar-refractivity contribution in [2.24, 2.45) is 5.41 Å². The van der Waals surface area contributed by atoms with Gasteiger partial charge in [-0.1, -0.05) is 25.4 Å². The Labute approximate surface area is 101 Å². The molecule has 0 amide bonds. The van der Waals surface area contributed by atoms with E-state index in [1.165, 1.54) is 24.1 Å². The average molecular weight is 244 g/mol. The van der Waals surface area contributed by atoms with Gasteiger partial charge in [0.1, 0.15) is 0 Å². The molecule has 3 heteroatoms. The fraction of sp³-hybridized carbons (Fsp3) is 0.667. The quantitative estimate of drug-likeness (QED) is 0.816. The summed E-state index contributed by atoms with van der Waals surface area (Å²) in [5.74, 6) is 0. The summed E-state index contributed by atoms with van der Waals surface area (Å²) in [4.78, 5) is 1.32. The second kappa shape index (κ2) is 4.44. The molecule has 15 heavy (non-hydrogen) atoms. The zero-order valence-electron chi connectivity index (χ0n) is 9.35. The number of rotatable bonds is 5. The van der Waals surface area contributed by atoms with E-state index in [2.05, 4.69) is 24.5 Å². The van der Waals surface area contributed by atoms with Crippen LogP contribution < -0.4 is 5.32 Å². The molecule has 0 spiro atoms. The van der Waals surface area contributed by atoms with Gasteiger partial charge in [-0.05, 0) is 42.7 Å². The van der Waals surface area contributed by atoms with Crippen molar-refractivity contribution in [3.8, 4) is 0 Å². The molecule has 2 rings (SSSR count). The maximum Gasteiger partial charge on any atom is 0.0561 e. The highest BCUT2D eigenvalue weighted by Crippen LogP contribution is 2.56. The maximum absolute atomic E-state index is 6.22. The summed E-state index contributed by atoms with van der Waals surface area (Å²) >= 11 is 8.00. The average Bonchev–Trinajstić information content (AvgIpc) is 2.81. The van der Waals surface area contributed by atoms with E-state index in [1.807, 2.05) is 6.07 Å². The molecular weight excluding hydrogens is 226 g/mol. The van der Waals surface area contributed by atoms with Crippen molar-refractivity contribution < 1.29 is 0 Å². The van der Waals surface area contributed by atoms with Crippen LogP contribution in [0.1, 0.15) is 44.0 Å². The lowest BCUT2D eigenvalue weighted by atomic mass is 9.97. The minimum absolute atomic E-state index is 0.448. The lowest BCUT2D eigenvalue weighted by molar-refractivity contribution is 0.372. The van der Waals surface area contributed by atoms with E-state index in [1.54, 1.807) is 11.3 Å². The summed E-state index contributed by atoms with van der Waals surface area (Å²) in [6.07, 6.45) is 3.82. The molecule has 1 aliphatic carbocycles. The lowest BCUT2D eigenvalue weighted by Crippen LogP contribution is -2.28. The van der Waals surface area contributed by atoms with Gasteiger partial charge in [0.15, 0.2) is 0 Å². The van der Waals surface area contributed by atoms with Crippen LogP contribution in [0.5, 0.6) is 0 Å². The topological polar surface area (TPSA) is 12.0 Å². The van der Waals surface area contributed by atoms with Crippen LogP contribution in [0.4, 0.5) is 0 Å². The Morgan fingerprint density at radius 2 is 2.33 bits per heavy atom. The molecule has 1 fully saturated rings. The zero-order chi connectivity index (χ0) is 10.9. The first-order valence-electron chi connectivity index (χ1n) is 5.63. The van der Waals surface area contributed by atoms with Gasteiger partial charge in [-0.2, -0.15) is 0 Å². The minimum atomic E-state index is 0.448. The highest BCUT2D eigenvalue weighted by Gasteiger charge is 2.46. The Kier molecular flexibility index (Phi) is 3.39. The molecule has 1 aromatic rings. The minimum Gasteiger partial charge on any atom is -0.309 e. The Balaban J connectivity index is 2.15. The van der Waals surface area contributed by atoms with Crippen LogP contribution >= 0.6 is 22.9 Å². The molecule has 1 unspecified atom stereocenters. The molecule has 1 atom stereocenters. The van der Waals surface area contributed by atoms with Crippen LogP contribution in [0.3, 0.4) is 0 Å². The van der Waals surface area contributed by atoms with Crippen LogP contribution in [0.2, 0.25) is 5.02 Å². The maximum atomic E-state index is 6.22. The van der Waals surface area contributed by atoms with Crippen LogP contribution in [0.25, 0.3) is 0 Å². The predicted molar refractivity (Wildman–Crippen MR) is 67.7 cm³/mol. The third-order valence-electron chi connectivity index (χ3n) is 3.24. The molecule has 1 saturated carbocycles. The van der Waals surface area contributed by atoms with Crippen molar-refractivity contribution >= 4 is 22.9 Å². The fourth-order valence-corrected chi connectivity index (χ4v) is 3.36. The second-order valence-corrected chi connectivity index (χ2v) is 6.03. The van der Waals surface area contributed by atoms with Gasteiger partial charge in [0, 0.05) is 10.9 Å². The first kappa shape index (κ1) is 11.4. The number of hydrogen-bond acceptors (Lipinski definition) is 2. The van der Waals surface area contributed by atoms with E-state index in [9.17, 15) is 0 Å². The van der Waals surface area contributed by atoms with Gasteiger partial charge < -0.3 is 5.32 Å². The molecule has 0 aromatic carbocycles. The van der Waals surface area contributed by atoms with Crippen molar-refractivity contribution in [3.05, 3.63) is 21.3 Å². The Morgan fingerprint density at radius 3 is 2.80 bits per heavy atom. The largest absolute Gasteiger partial charge is 0.309 e. The third-order valence-corrected chi connectivity index (χ3v) is 4.66. The fourth-order valence-electron chi connectivity index (χ4n) is 1.94. The van der Waals surface area contributed by atoms with E-state index >= 15 is 0 Å². The molecule has 1 heterocycles. The molecule has 84 valence electrons. The van der Waals surface area contributed by atoms with E-state index in [4.69, 9.17) is 11.6 Å². The van der Waals surface area contributed by atoms with Gasteiger partial charge in [-0.15, -0.1) is 11.3 Å². The summed E-state index contributed by atoms with van der Waals surface area (Å²) in [6.45, 7) is 5.64. The second-order valence-electron chi connectivity index (χ2n) is 4.67. The number of hydrogen-bond donors (Lipinski definition) is 1. The molecule has 1 aliphatic rings. The van der Waals surface area contributed by atoms with Gasteiger partial charge in [0.25, 0.3) is 0 Å². The summed E-state index contributed by atoms with van der Waals surface area (Å²) in [5, 5.41) is 6.66. The lowest BCUT2D eigenvalue weighted by Gasteiger charge is -2.24. The first-order valence-corrected chi connectivity index (χ1v) is 6.89. The van der Waals surface area contributed by atoms with Crippen molar-refractivity contribution in [1.82, 2.24) is 5.32 Å². The van der Waals surface area contributed by atoms with Crippen molar-refractivity contribution in [3.63, 3.8) is 0 Å². The van der Waals surface area contributed by atoms with Gasteiger partial charge in [0.2, 0.25) is 0 Å². The van der Waals surface area contributed by atoms with Crippen molar-refractivity contribution in [2.45, 2.75) is 39.2 Å². The van der Waals surface area contributed by atoms with Gasteiger partial charge >= 0.3 is 0 Å². The smallest absolute Gasteiger partial charge is 0.0561 e. The Hall–Kier alpha value is -0.0500. The predicted octanol–water partition coefficient (Wildman–Crippen LogP) is 4.24. The van der Waals surface area contributed by atoms with Crippen molar-refractivity contribution in [2.75, 3.05) is 6.54 Å². The summed E-state index contributed by atoms with van der Waals surface area (Å²) in [6, 6.07) is 2.47. The molecule has 0 radical (unpaired) electrons. The molecule has 0 aliphatic heterocycles. The van der Waals surface area contributed by atoms with E-state index in [0.717, 1.165) is 11.6 Å². The van der Waals surface area contributed by atoms with Crippen molar-refractivity contribution in [1.29, 1.82) is 0 Å².